The minimum Gasteiger partial charge on any atom is -0.384 e. The van der Waals surface area contributed by atoms with E-state index in [4.69, 9.17) is 27.7 Å². The third kappa shape index (κ3) is 6.34. The van der Waals surface area contributed by atoms with Crippen LogP contribution in [0.15, 0.2) is 70.0 Å². The van der Waals surface area contributed by atoms with Crippen molar-refractivity contribution in [2.45, 2.75) is 65.0 Å². The summed E-state index contributed by atoms with van der Waals surface area (Å²) in [6.07, 6.45) is 3.84. The van der Waals surface area contributed by atoms with E-state index in [1.165, 1.54) is 6.07 Å². The molecule has 0 aliphatic carbocycles. The van der Waals surface area contributed by atoms with Crippen LogP contribution < -0.4 is 5.56 Å². The Hall–Kier alpha value is -2.50. The summed E-state index contributed by atoms with van der Waals surface area (Å²) >= 11 is 11.6. The third-order valence-electron chi connectivity index (χ3n) is 6.52. The van der Waals surface area contributed by atoms with E-state index in [1.54, 1.807) is 0 Å². The highest BCUT2D eigenvalue weighted by Gasteiger charge is 2.46. The molecule has 0 radical (unpaired) electrons. The van der Waals surface area contributed by atoms with E-state index in [-0.39, 0.29) is 23.6 Å². The van der Waals surface area contributed by atoms with Crippen molar-refractivity contribution < 1.29 is 9.32 Å². The average molecular weight is 503 g/mol. The maximum atomic E-state index is 13.6. The predicted octanol–water partition coefficient (Wildman–Crippen LogP) is 7.06. The SMILES string of the molecule is CCC(CC)N1C(=O)[C@@](C)(Cc2cc(=O)[nH]o2)CCC1c1ccc(Cl)cc1.Clc1ccccc1. The smallest absolute Gasteiger partial charge is 0.280 e. The number of likely N-dealkylation sites (tertiary alicyclic amines) is 1. The fourth-order valence-corrected chi connectivity index (χ4v) is 4.91. The third-order valence-corrected chi connectivity index (χ3v) is 7.02. The Kier molecular flexibility index (Phi) is 9.03. The highest BCUT2D eigenvalue weighted by Crippen LogP contribution is 2.44. The molecule has 1 aromatic heterocycles. The summed E-state index contributed by atoms with van der Waals surface area (Å²) in [5.74, 6) is 0.663. The summed E-state index contributed by atoms with van der Waals surface area (Å²) in [4.78, 5) is 27.1. The quantitative estimate of drug-likeness (QED) is 0.392. The molecule has 2 heterocycles. The zero-order valence-corrected chi connectivity index (χ0v) is 21.4. The Bertz CT molecular complexity index is 1110. The van der Waals surface area contributed by atoms with Gasteiger partial charge in [0.15, 0.2) is 0 Å². The molecule has 7 heteroatoms. The molecule has 0 bridgehead atoms. The second-order valence-corrected chi connectivity index (χ2v) is 9.87. The lowest BCUT2D eigenvalue weighted by Gasteiger charge is -2.48. The lowest BCUT2D eigenvalue weighted by atomic mass is 9.73. The molecule has 3 aromatic rings. The van der Waals surface area contributed by atoms with Gasteiger partial charge in [-0.05, 0) is 55.5 Å². The van der Waals surface area contributed by atoms with Crippen LogP contribution in [0.1, 0.15) is 63.8 Å². The molecule has 1 fully saturated rings. The van der Waals surface area contributed by atoms with E-state index >= 15 is 0 Å². The first kappa shape index (κ1) is 26.1. The first-order valence-corrected chi connectivity index (χ1v) is 12.5. The molecule has 34 heavy (non-hydrogen) atoms. The van der Waals surface area contributed by atoms with Crippen molar-refractivity contribution >= 4 is 29.1 Å². The Morgan fingerprint density at radius 3 is 2.15 bits per heavy atom. The van der Waals surface area contributed by atoms with Gasteiger partial charge in [0.25, 0.3) is 5.56 Å². The van der Waals surface area contributed by atoms with Gasteiger partial charge in [-0.3, -0.25) is 9.59 Å². The summed E-state index contributed by atoms with van der Waals surface area (Å²) in [5, 5.41) is 3.81. The standard InChI is InChI=1S/C21H27ClN2O3.C6H5Cl/c1-4-16(5-2)24-18(14-6-8-15(22)9-7-14)10-11-21(3,20(24)26)13-17-12-19(25)23-27-17;7-6-4-2-1-3-5-6/h6-9,12,16,18H,4-5,10-11,13H2,1-3H3,(H,23,25);1-5H/t18?,21-;/m1./s1. The fourth-order valence-electron chi connectivity index (χ4n) is 4.64. The van der Waals surface area contributed by atoms with Gasteiger partial charge >= 0.3 is 0 Å². The Labute approximate surface area is 211 Å². The van der Waals surface area contributed by atoms with Crippen LogP contribution in [0.5, 0.6) is 0 Å². The van der Waals surface area contributed by atoms with Crippen LogP contribution in [0.2, 0.25) is 10.0 Å². The topological polar surface area (TPSA) is 66.3 Å². The Morgan fingerprint density at radius 1 is 1.03 bits per heavy atom. The van der Waals surface area contributed by atoms with Crippen molar-refractivity contribution in [3.05, 3.63) is 92.4 Å². The van der Waals surface area contributed by atoms with Crippen LogP contribution in [0.4, 0.5) is 0 Å². The number of aromatic amines is 1. The predicted molar refractivity (Wildman–Crippen MR) is 137 cm³/mol. The van der Waals surface area contributed by atoms with Gasteiger partial charge in [0, 0.05) is 28.6 Å². The second-order valence-electron chi connectivity index (χ2n) is 9.00. The van der Waals surface area contributed by atoms with Crippen LogP contribution in [0.3, 0.4) is 0 Å². The molecule has 0 spiro atoms. The summed E-state index contributed by atoms with van der Waals surface area (Å²) in [5.41, 5.74) is 0.270. The zero-order valence-electron chi connectivity index (χ0n) is 19.9. The van der Waals surface area contributed by atoms with E-state index in [2.05, 4.69) is 23.9 Å². The number of piperidine rings is 1. The molecule has 5 nitrogen and oxygen atoms in total. The van der Waals surface area contributed by atoms with Crippen LogP contribution >= 0.6 is 23.2 Å². The number of amides is 1. The van der Waals surface area contributed by atoms with Gasteiger partial charge in [0.05, 0.1) is 11.5 Å². The molecule has 1 aliphatic heterocycles. The van der Waals surface area contributed by atoms with E-state index in [0.29, 0.717) is 17.2 Å². The van der Waals surface area contributed by atoms with Crippen molar-refractivity contribution in [3.8, 4) is 0 Å². The van der Waals surface area contributed by atoms with Gasteiger partial charge in [-0.25, -0.2) is 0 Å². The normalized spacial score (nSPS) is 20.2. The van der Waals surface area contributed by atoms with E-state index in [9.17, 15) is 9.59 Å². The molecular formula is C27H32Cl2N2O3. The number of carbonyl (C=O) groups excluding carboxylic acids is 1. The molecule has 1 amide bonds. The van der Waals surface area contributed by atoms with Gasteiger partial charge in [0.2, 0.25) is 5.91 Å². The molecule has 2 atom stereocenters. The van der Waals surface area contributed by atoms with Gasteiger partial charge in [-0.1, -0.05) is 74.3 Å². The summed E-state index contributed by atoms with van der Waals surface area (Å²) in [7, 11) is 0. The molecule has 1 unspecified atom stereocenters. The van der Waals surface area contributed by atoms with E-state index < -0.39 is 5.41 Å². The van der Waals surface area contributed by atoms with Crippen molar-refractivity contribution in [2.75, 3.05) is 0 Å². The molecular weight excluding hydrogens is 471 g/mol. The molecule has 1 aliphatic rings. The monoisotopic (exact) mass is 502 g/mol. The van der Waals surface area contributed by atoms with E-state index in [1.807, 2.05) is 61.5 Å². The second kappa shape index (κ2) is 11.8. The Balaban J connectivity index is 0.000000396. The van der Waals surface area contributed by atoms with E-state index in [0.717, 1.165) is 36.3 Å². The van der Waals surface area contributed by atoms with Crippen molar-refractivity contribution in [2.24, 2.45) is 5.41 Å². The molecule has 1 N–H and O–H groups in total. The number of nitrogens with zero attached hydrogens (tertiary/aromatic N) is 1. The summed E-state index contributed by atoms with van der Waals surface area (Å²) in [6, 6.07) is 18.9. The lowest BCUT2D eigenvalue weighted by Crippen LogP contribution is -2.53. The molecule has 182 valence electrons. The van der Waals surface area contributed by atoms with Gasteiger partial charge < -0.3 is 9.42 Å². The zero-order chi connectivity index (χ0) is 24.7. The van der Waals surface area contributed by atoms with Gasteiger partial charge in [0.1, 0.15) is 5.76 Å². The summed E-state index contributed by atoms with van der Waals surface area (Å²) < 4.78 is 5.23. The van der Waals surface area contributed by atoms with Crippen LogP contribution in [0.25, 0.3) is 0 Å². The van der Waals surface area contributed by atoms with Crippen molar-refractivity contribution in [1.82, 2.24) is 10.1 Å². The maximum Gasteiger partial charge on any atom is 0.280 e. The fraction of sp³-hybridized carbons (Fsp3) is 0.407. The summed E-state index contributed by atoms with van der Waals surface area (Å²) in [6.45, 7) is 6.23. The minimum absolute atomic E-state index is 0.0472. The number of rotatable bonds is 6. The Morgan fingerprint density at radius 2 is 1.65 bits per heavy atom. The largest absolute Gasteiger partial charge is 0.384 e. The number of nitrogens with one attached hydrogen (secondary N) is 1. The number of H-pyrrole nitrogens is 1. The minimum atomic E-state index is -0.580. The van der Waals surface area contributed by atoms with Crippen LogP contribution in [-0.2, 0) is 11.2 Å². The van der Waals surface area contributed by atoms with Gasteiger partial charge in [-0.15, -0.1) is 0 Å². The number of hydrogen-bond acceptors (Lipinski definition) is 3. The average Bonchev–Trinajstić information content (AvgIpc) is 3.23. The van der Waals surface area contributed by atoms with Gasteiger partial charge in [-0.2, -0.15) is 5.16 Å². The number of carbonyl (C=O) groups is 1. The first-order valence-electron chi connectivity index (χ1n) is 11.7. The number of aromatic nitrogens is 1. The number of benzene rings is 2. The molecule has 0 saturated carbocycles. The number of halogens is 2. The first-order chi connectivity index (χ1) is 16.3. The van der Waals surface area contributed by atoms with Crippen molar-refractivity contribution in [3.63, 3.8) is 0 Å². The van der Waals surface area contributed by atoms with Crippen LogP contribution in [0, 0.1) is 5.41 Å². The van der Waals surface area contributed by atoms with Crippen LogP contribution in [-0.4, -0.2) is 22.0 Å². The lowest BCUT2D eigenvalue weighted by molar-refractivity contribution is -0.153. The molecule has 1 saturated heterocycles. The highest BCUT2D eigenvalue weighted by molar-refractivity contribution is 6.30. The molecule has 2 aromatic carbocycles. The van der Waals surface area contributed by atoms with Crippen molar-refractivity contribution in [1.29, 1.82) is 0 Å². The number of hydrogen-bond donors (Lipinski definition) is 1. The molecule has 4 rings (SSSR count). The highest BCUT2D eigenvalue weighted by atomic mass is 35.5. The maximum absolute atomic E-state index is 13.6.